The summed E-state index contributed by atoms with van der Waals surface area (Å²) in [6.45, 7) is 8.82. The number of ether oxygens (including phenoxy) is 4. The molecule has 43 heavy (non-hydrogen) atoms. The third-order valence-corrected chi connectivity index (χ3v) is 10.7. The molecular formula is C31H39O11P. The smallest absolute Gasteiger partial charge is 0.338 e. The standard InChI is InChI=1S/C31H39O11P/c1-15-19(34)13-31(37)26(40-27(36)18-10-8-7-9-11-18)24-29(6,25(35)23(39-16(2)32)22(15)28(31,4)5)20(42-43)12-21-30(24,14-38-21)41-17(3)33/h7-11,15,19-21,24,26,34,37H,12-14,43H2,1-6H3/t15?,19-,20-,21+,24-,26-,29+,30-,31+/m0/s1. The van der Waals surface area contributed by atoms with Crippen LogP contribution in [0.5, 0.6) is 0 Å². The topological polar surface area (TPSA) is 155 Å². The van der Waals surface area contributed by atoms with Gasteiger partial charge in [0, 0.05) is 47.5 Å². The zero-order valence-electron chi connectivity index (χ0n) is 25.1. The molecule has 0 aromatic heterocycles. The number of carbonyl (C=O) groups is 4. The van der Waals surface area contributed by atoms with Gasteiger partial charge < -0.3 is 33.7 Å². The van der Waals surface area contributed by atoms with E-state index in [0.717, 1.165) is 6.92 Å². The number of benzene rings is 1. The first-order valence-electron chi connectivity index (χ1n) is 14.4. The number of hydrogen-bond donors (Lipinski definition) is 2. The van der Waals surface area contributed by atoms with Gasteiger partial charge in [0.15, 0.2) is 11.4 Å². The second kappa shape index (κ2) is 10.7. The van der Waals surface area contributed by atoms with E-state index in [0.29, 0.717) is 0 Å². The zero-order chi connectivity index (χ0) is 31.7. The Morgan fingerprint density at radius 1 is 1.07 bits per heavy atom. The lowest BCUT2D eigenvalue weighted by Crippen LogP contribution is -2.81. The van der Waals surface area contributed by atoms with Crippen LogP contribution >= 0.6 is 9.47 Å². The molecule has 2 N–H and O–H groups in total. The lowest BCUT2D eigenvalue weighted by Gasteiger charge is -2.67. The molecule has 234 valence electrons. The molecule has 0 amide bonds. The quantitative estimate of drug-likeness (QED) is 0.284. The van der Waals surface area contributed by atoms with Crippen LogP contribution in [0.25, 0.3) is 0 Å². The highest BCUT2D eigenvalue weighted by Gasteiger charge is 2.78. The minimum absolute atomic E-state index is 0.109. The molecule has 0 radical (unpaired) electrons. The Balaban J connectivity index is 1.88. The fraction of sp³-hybridized carbons (Fsp3) is 0.613. The summed E-state index contributed by atoms with van der Waals surface area (Å²) in [4.78, 5) is 53.9. The maximum atomic E-state index is 15.0. The number of allylic oxidation sites excluding steroid dienone is 1. The molecule has 2 saturated carbocycles. The molecule has 3 fully saturated rings. The van der Waals surface area contributed by atoms with E-state index in [-0.39, 0.29) is 36.3 Å². The van der Waals surface area contributed by atoms with Crippen molar-refractivity contribution in [3.8, 4) is 0 Å². The van der Waals surface area contributed by atoms with Crippen LogP contribution in [0, 0.1) is 22.7 Å². The van der Waals surface area contributed by atoms with E-state index in [9.17, 15) is 29.4 Å². The number of Topliss-reactive ketones (excluding diaryl/α,β-unsaturated/α-hetero) is 1. The van der Waals surface area contributed by atoms with Gasteiger partial charge in [-0.05, 0) is 24.6 Å². The molecule has 12 heteroatoms. The van der Waals surface area contributed by atoms with Crippen LogP contribution in [-0.4, -0.2) is 76.1 Å². The molecule has 2 bridgehead atoms. The molecular weight excluding hydrogens is 579 g/mol. The average Bonchev–Trinajstić information content (AvgIpc) is 2.92. The van der Waals surface area contributed by atoms with E-state index in [1.807, 2.05) is 0 Å². The van der Waals surface area contributed by atoms with Crippen molar-refractivity contribution in [2.75, 3.05) is 6.61 Å². The first-order chi connectivity index (χ1) is 20.1. The second-order valence-electron chi connectivity index (χ2n) is 12.9. The van der Waals surface area contributed by atoms with Crippen LogP contribution in [0.4, 0.5) is 0 Å². The lowest BCUT2D eigenvalue weighted by atomic mass is 9.45. The Bertz CT molecular complexity index is 1370. The van der Waals surface area contributed by atoms with Crippen molar-refractivity contribution >= 4 is 33.2 Å². The molecule has 3 aliphatic carbocycles. The van der Waals surface area contributed by atoms with Gasteiger partial charge in [0.1, 0.15) is 17.8 Å². The van der Waals surface area contributed by atoms with Crippen LogP contribution in [0.15, 0.2) is 41.7 Å². The van der Waals surface area contributed by atoms with E-state index >= 15 is 0 Å². The van der Waals surface area contributed by atoms with E-state index in [4.69, 9.17) is 23.5 Å². The maximum Gasteiger partial charge on any atom is 0.338 e. The number of fused-ring (bicyclic) bond motifs is 5. The predicted octanol–water partition coefficient (Wildman–Crippen LogP) is 2.67. The Morgan fingerprint density at radius 3 is 2.26 bits per heavy atom. The van der Waals surface area contributed by atoms with Gasteiger partial charge in [-0.25, -0.2) is 4.79 Å². The average molecular weight is 619 g/mol. The fourth-order valence-corrected chi connectivity index (χ4v) is 8.46. The highest BCUT2D eigenvalue weighted by Crippen LogP contribution is 2.65. The molecule has 10 atom stereocenters. The molecule has 1 aliphatic heterocycles. The van der Waals surface area contributed by atoms with E-state index in [1.165, 1.54) is 6.92 Å². The molecule has 1 aromatic carbocycles. The number of aliphatic hydroxyl groups is 2. The van der Waals surface area contributed by atoms with Crippen molar-refractivity contribution in [2.45, 2.75) is 90.0 Å². The Labute approximate surface area is 252 Å². The Hall–Kier alpha value is -2.69. The van der Waals surface area contributed by atoms with E-state index < -0.39 is 82.0 Å². The van der Waals surface area contributed by atoms with Crippen LogP contribution in [0.1, 0.15) is 64.7 Å². The summed E-state index contributed by atoms with van der Waals surface area (Å²) in [6.07, 6.45) is -4.61. The summed E-state index contributed by atoms with van der Waals surface area (Å²) >= 11 is 0. The van der Waals surface area contributed by atoms with Crippen molar-refractivity contribution in [3.05, 3.63) is 47.2 Å². The van der Waals surface area contributed by atoms with Gasteiger partial charge in [0.2, 0.25) is 5.78 Å². The Morgan fingerprint density at radius 2 is 1.72 bits per heavy atom. The first kappa shape index (κ1) is 31.7. The molecule has 2 unspecified atom stereocenters. The van der Waals surface area contributed by atoms with E-state index in [2.05, 4.69) is 9.47 Å². The minimum atomic E-state index is -2.06. The summed E-state index contributed by atoms with van der Waals surface area (Å²) in [7, 11) is 2.15. The van der Waals surface area contributed by atoms with Gasteiger partial charge in [0.05, 0.1) is 35.7 Å². The van der Waals surface area contributed by atoms with Crippen LogP contribution in [0.2, 0.25) is 0 Å². The number of rotatable bonds is 5. The molecule has 11 nitrogen and oxygen atoms in total. The van der Waals surface area contributed by atoms with Gasteiger partial charge in [-0.1, -0.05) is 39.0 Å². The molecule has 1 heterocycles. The summed E-state index contributed by atoms with van der Waals surface area (Å²) in [6, 6.07) is 8.17. The third-order valence-electron chi connectivity index (χ3n) is 10.3. The predicted molar refractivity (Wildman–Crippen MR) is 153 cm³/mol. The van der Waals surface area contributed by atoms with Gasteiger partial charge in [-0.15, -0.1) is 0 Å². The fourth-order valence-electron chi connectivity index (χ4n) is 8.07. The van der Waals surface area contributed by atoms with Crippen molar-refractivity contribution in [1.82, 2.24) is 0 Å². The number of ketones is 1. The Kier molecular flexibility index (Phi) is 7.92. The summed E-state index contributed by atoms with van der Waals surface area (Å²) in [5.74, 6) is -5.18. The number of aliphatic hydroxyl groups excluding tert-OH is 1. The van der Waals surface area contributed by atoms with Crippen molar-refractivity contribution in [3.63, 3.8) is 0 Å². The molecule has 1 aromatic rings. The minimum Gasteiger partial charge on any atom is -0.455 e. The molecule has 1 saturated heterocycles. The maximum absolute atomic E-state index is 15.0. The normalized spacial score (nSPS) is 39.7. The number of esters is 3. The second-order valence-corrected chi connectivity index (χ2v) is 13.2. The summed E-state index contributed by atoms with van der Waals surface area (Å²) in [5.41, 5.74) is -6.28. The third kappa shape index (κ3) is 4.50. The lowest BCUT2D eigenvalue weighted by molar-refractivity contribution is -0.343. The van der Waals surface area contributed by atoms with Gasteiger partial charge >= 0.3 is 17.9 Å². The van der Waals surface area contributed by atoms with Crippen LogP contribution in [0.3, 0.4) is 0 Å². The molecule has 4 aliphatic rings. The SMILES string of the molecule is CC(=O)OC1=C2C(C)[C@@H](O)C[C@@](O)([C@@H](OC(=O)c3ccccc3)[C@@H]3[C@]4(OC(C)=O)CO[C@@H]4C[C@H](OP)[C@@]3(C)C1=O)C2(C)C. The number of carbonyl (C=O) groups excluding carboxylic acids is 4. The zero-order valence-corrected chi connectivity index (χ0v) is 26.3. The first-order valence-corrected chi connectivity index (χ1v) is 14.8. The highest BCUT2D eigenvalue weighted by molar-refractivity contribution is 7.09. The highest BCUT2D eigenvalue weighted by atomic mass is 31.0. The molecule has 5 rings (SSSR count). The van der Waals surface area contributed by atoms with Crippen molar-refractivity contribution in [2.24, 2.45) is 22.7 Å². The van der Waals surface area contributed by atoms with Crippen molar-refractivity contribution < 1.29 is 52.9 Å². The van der Waals surface area contributed by atoms with Gasteiger partial charge in [0.25, 0.3) is 0 Å². The number of hydrogen-bond acceptors (Lipinski definition) is 11. The van der Waals surface area contributed by atoms with Crippen LogP contribution < -0.4 is 0 Å². The van der Waals surface area contributed by atoms with Gasteiger partial charge in [-0.3, -0.25) is 14.4 Å². The van der Waals surface area contributed by atoms with E-state index in [1.54, 1.807) is 58.0 Å². The molecule has 0 spiro atoms. The largest absolute Gasteiger partial charge is 0.455 e. The summed E-state index contributed by atoms with van der Waals surface area (Å²) in [5, 5.41) is 24.3. The summed E-state index contributed by atoms with van der Waals surface area (Å²) < 4.78 is 29.7. The van der Waals surface area contributed by atoms with Gasteiger partial charge in [-0.2, -0.15) is 0 Å². The monoisotopic (exact) mass is 618 g/mol. The van der Waals surface area contributed by atoms with Crippen LogP contribution in [-0.2, 0) is 37.9 Å². The van der Waals surface area contributed by atoms with Crippen molar-refractivity contribution in [1.29, 1.82) is 0 Å².